The van der Waals surface area contributed by atoms with Crippen LogP contribution in [0.15, 0.2) is 0 Å². The molecule has 0 spiro atoms. The Kier molecular flexibility index (Phi) is 6.29. The summed E-state index contributed by atoms with van der Waals surface area (Å²) in [4.78, 5) is 5.84. The van der Waals surface area contributed by atoms with E-state index in [1.165, 1.54) is 4.88 Å². The fourth-order valence-electron chi connectivity index (χ4n) is 1.71. The van der Waals surface area contributed by atoms with Gasteiger partial charge in [-0.25, -0.2) is 13.8 Å². The predicted molar refractivity (Wildman–Crippen MR) is 74.1 cm³/mol. The third kappa shape index (κ3) is 5.50. The minimum absolute atomic E-state index is 0.00916. The van der Waals surface area contributed by atoms with Gasteiger partial charge >= 0.3 is 0 Å². The van der Waals surface area contributed by atoms with Gasteiger partial charge in [0.15, 0.2) is 0 Å². The van der Waals surface area contributed by atoms with Gasteiger partial charge in [-0.3, -0.25) is 0 Å². The average molecular weight is 292 g/mol. The van der Waals surface area contributed by atoms with Crippen molar-refractivity contribution in [3.8, 4) is 0 Å². The lowest BCUT2D eigenvalue weighted by molar-refractivity contribution is 0.0187. The Labute approximate surface area is 117 Å². The SMILES string of the molecule is CNCc1sc(CCOCC(F)F)nc1C(C)(C)C. The van der Waals surface area contributed by atoms with Crippen LogP contribution in [0.1, 0.15) is 36.3 Å². The molecule has 0 aliphatic rings. The Morgan fingerprint density at radius 2 is 2.05 bits per heavy atom. The van der Waals surface area contributed by atoms with E-state index in [1.54, 1.807) is 11.3 Å². The van der Waals surface area contributed by atoms with Crippen molar-refractivity contribution in [1.82, 2.24) is 10.3 Å². The summed E-state index contributed by atoms with van der Waals surface area (Å²) in [5.74, 6) is 0. The highest BCUT2D eigenvalue weighted by Crippen LogP contribution is 2.29. The van der Waals surface area contributed by atoms with Crippen molar-refractivity contribution in [3.63, 3.8) is 0 Å². The summed E-state index contributed by atoms with van der Waals surface area (Å²) in [5.41, 5.74) is 1.07. The maximum atomic E-state index is 11.9. The highest BCUT2D eigenvalue weighted by atomic mass is 32.1. The van der Waals surface area contributed by atoms with Crippen LogP contribution in [-0.4, -0.2) is 31.7 Å². The molecule has 6 heteroatoms. The van der Waals surface area contributed by atoms with E-state index in [-0.39, 0.29) is 5.41 Å². The standard InChI is InChI=1S/C13H22F2N2OS/c1-13(2,3)12-9(7-16-4)19-11(17-12)5-6-18-8-10(14)15/h10,16H,5-8H2,1-4H3. The molecule has 1 heterocycles. The monoisotopic (exact) mass is 292 g/mol. The van der Waals surface area contributed by atoms with Gasteiger partial charge in [0.2, 0.25) is 0 Å². The third-order valence-electron chi connectivity index (χ3n) is 2.49. The molecule has 0 amide bonds. The number of hydrogen-bond acceptors (Lipinski definition) is 4. The quantitative estimate of drug-likeness (QED) is 0.785. The first-order chi connectivity index (χ1) is 8.84. The zero-order chi connectivity index (χ0) is 14.5. The van der Waals surface area contributed by atoms with Crippen LogP contribution < -0.4 is 5.32 Å². The summed E-state index contributed by atoms with van der Waals surface area (Å²) >= 11 is 1.63. The van der Waals surface area contributed by atoms with E-state index in [0.29, 0.717) is 13.0 Å². The predicted octanol–water partition coefficient (Wildman–Crippen LogP) is 2.98. The molecule has 0 saturated carbocycles. The van der Waals surface area contributed by atoms with Gasteiger partial charge in [0, 0.05) is 23.3 Å². The summed E-state index contributed by atoms with van der Waals surface area (Å²) in [6.07, 6.45) is -1.81. The van der Waals surface area contributed by atoms with Crippen LogP contribution in [0.25, 0.3) is 0 Å². The summed E-state index contributed by atoms with van der Waals surface area (Å²) in [6.45, 7) is 6.94. The van der Waals surface area contributed by atoms with Crippen molar-refractivity contribution in [2.24, 2.45) is 0 Å². The molecule has 3 nitrogen and oxygen atoms in total. The summed E-state index contributed by atoms with van der Waals surface area (Å²) in [7, 11) is 1.90. The Morgan fingerprint density at radius 3 is 2.58 bits per heavy atom. The topological polar surface area (TPSA) is 34.1 Å². The van der Waals surface area contributed by atoms with Crippen molar-refractivity contribution in [2.45, 2.75) is 45.6 Å². The Bertz CT molecular complexity index is 388. The number of nitrogens with one attached hydrogen (secondary N) is 1. The summed E-state index contributed by atoms with van der Waals surface area (Å²) < 4.78 is 28.8. The number of alkyl halides is 2. The highest BCUT2D eigenvalue weighted by Gasteiger charge is 2.22. The summed E-state index contributed by atoms with van der Waals surface area (Å²) in [6, 6.07) is 0. The van der Waals surface area contributed by atoms with Gasteiger partial charge < -0.3 is 10.1 Å². The van der Waals surface area contributed by atoms with Crippen molar-refractivity contribution in [1.29, 1.82) is 0 Å². The number of ether oxygens (including phenoxy) is 1. The fourth-order valence-corrected chi connectivity index (χ4v) is 2.98. The fraction of sp³-hybridized carbons (Fsp3) is 0.769. The van der Waals surface area contributed by atoms with Crippen LogP contribution in [0.4, 0.5) is 8.78 Å². The molecule has 0 saturated heterocycles. The van der Waals surface area contributed by atoms with E-state index < -0.39 is 13.0 Å². The van der Waals surface area contributed by atoms with Gasteiger partial charge in [-0.05, 0) is 7.05 Å². The third-order valence-corrected chi connectivity index (χ3v) is 3.61. The van der Waals surface area contributed by atoms with Gasteiger partial charge in [-0.1, -0.05) is 20.8 Å². The molecular formula is C13H22F2N2OS. The minimum Gasteiger partial charge on any atom is -0.375 e. The number of rotatable bonds is 7. The Balaban J connectivity index is 2.64. The number of aromatic nitrogens is 1. The van der Waals surface area contributed by atoms with Gasteiger partial charge in [0.25, 0.3) is 6.43 Å². The second-order valence-corrected chi connectivity index (χ2v) is 6.54. The van der Waals surface area contributed by atoms with Crippen molar-refractivity contribution < 1.29 is 13.5 Å². The molecule has 0 unspecified atom stereocenters. The minimum atomic E-state index is -2.40. The van der Waals surface area contributed by atoms with E-state index in [4.69, 9.17) is 4.74 Å². The first-order valence-corrected chi connectivity index (χ1v) is 7.15. The van der Waals surface area contributed by atoms with Crippen molar-refractivity contribution in [2.75, 3.05) is 20.3 Å². The molecule has 1 N–H and O–H groups in total. The number of thiazole rings is 1. The molecule has 0 atom stereocenters. The first-order valence-electron chi connectivity index (χ1n) is 6.34. The number of nitrogens with zero attached hydrogens (tertiary/aromatic N) is 1. The van der Waals surface area contributed by atoms with E-state index in [2.05, 4.69) is 31.1 Å². The molecule has 0 bridgehead atoms. The van der Waals surface area contributed by atoms with Gasteiger partial charge in [0.05, 0.1) is 17.3 Å². The maximum Gasteiger partial charge on any atom is 0.261 e. The average Bonchev–Trinajstić information content (AvgIpc) is 2.68. The highest BCUT2D eigenvalue weighted by molar-refractivity contribution is 7.11. The van der Waals surface area contributed by atoms with Crippen LogP contribution in [0.2, 0.25) is 0 Å². The molecule has 0 aliphatic carbocycles. The van der Waals surface area contributed by atoms with Crippen molar-refractivity contribution >= 4 is 11.3 Å². The second-order valence-electron chi connectivity index (χ2n) is 5.38. The second kappa shape index (κ2) is 7.26. The lowest BCUT2D eigenvalue weighted by atomic mass is 9.91. The van der Waals surface area contributed by atoms with E-state index in [9.17, 15) is 8.78 Å². The lowest BCUT2D eigenvalue weighted by Gasteiger charge is -2.17. The van der Waals surface area contributed by atoms with Crippen LogP contribution in [0.5, 0.6) is 0 Å². The molecule has 110 valence electrons. The van der Waals surface area contributed by atoms with Crippen molar-refractivity contribution in [3.05, 3.63) is 15.6 Å². The lowest BCUT2D eigenvalue weighted by Crippen LogP contribution is -2.16. The Morgan fingerprint density at radius 1 is 1.37 bits per heavy atom. The van der Waals surface area contributed by atoms with Crippen LogP contribution in [0.3, 0.4) is 0 Å². The van der Waals surface area contributed by atoms with Gasteiger partial charge in [0.1, 0.15) is 6.61 Å². The molecule has 1 rings (SSSR count). The zero-order valence-electron chi connectivity index (χ0n) is 11.9. The van der Waals surface area contributed by atoms with Gasteiger partial charge in [-0.2, -0.15) is 0 Å². The largest absolute Gasteiger partial charge is 0.375 e. The molecular weight excluding hydrogens is 270 g/mol. The molecule has 19 heavy (non-hydrogen) atoms. The Hall–Kier alpha value is -0.590. The molecule has 0 aromatic carbocycles. The van der Waals surface area contributed by atoms with Crippen LogP contribution in [-0.2, 0) is 23.1 Å². The molecule has 1 aromatic heterocycles. The van der Waals surface area contributed by atoms with Crippen LogP contribution >= 0.6 is 11.3 Å². The molecule has 0 aliphatic heterocycles. The van der Waals surface area contributed by atoms with E-state index in [0.717, 1.165) is 17.2 Å². The zero-order valence-corrected chi connectivity index (χ0v) is 12.7. The van der Waals surface area contributed by atoms with Gasteiger partial charge in [-0.15, -0.1) is 11.3 Å². The number of hydrogen-bond donors (Lipinski definition) is 1. The molecule has 1 aromatic rings. The van der Waals surface area contributed by atoms with E-state index in [1.807, 2.05) is 7.05 Å². The number of halogens is 2. The summed E-state index contributed by atoms with van der Waals surface area (Å²) in [5, 5.41) is 4.08. The normalized spacial score (nSPS) is 12.4. The van der Waals surface area contributed by atoms with E-state index >= 15 is 0 Å². The maximum absolute atomic E-state index is 11.9. The molecule has 0 radical (unpaired) electrons. The molecule has 0 fully saturated rings. The first kappa shape index (κ1) is 16.5. The smallest absolute Gasteiger partial charge is 0.261 e. The van der Waals surface area contributed by atoms with Crippen LogP contribution in [0, 0.1) is 0 Å².